The predicted molar refractivity (Wildman–Crippen MR) is 58.9 cm³/mol. The molecule has 0 fully saturated rings. The van der Waals surface area contributed by atoms with Gasteiger partial charge in [-0.3, -0.25) is 0 Å². The van der Waals surface area contributed by atoms with Crippen LogP contribution in [0.4, 0.5) is 0 Å². The molecule has 13 heavy (non-hydrogen) atoms. The summed E-state index contributed by atoms with van der Waals surface area (Å²) >= 11 is 1.79. The van der Waals surface area contributed by atoms with Gasteiger partial charge in [-0.1, -0.05) is 6.92 Å². The third-order valence-electron chi connectivity index (χ3n) is 2.15. The van der Waals surface area contributed by atoms with Crippen LogP contribution in [0.3, 0.4) is 0 Å². The van der Waals surface area contributed by atoms with E-state index in [4.69, 9.17) is 6.42 Å². The van der Waals surface area contributed by atoms with Crippen molar-refractivity contribution in [1.29, 1.82) is 0 Å². The molecule has 0 saturated heterocycles. The van der Waals surface area contributed by atoms with Gasteiger partial charge in [-0.15, -0.1) is 23.7 Å². The highest BCUT2D eigenvalue weighted by Crippen LogP contribution is 2.26. The molecule has 0 radical (unpaired) electrons. The molecule has 1 aromatic rings. The minimum absolute atomic E-state index is 0.333. The van der Waals surface area contributed by atoms with Crippen molar-refractivity contribution < 1.29 is 0 Å². The van der Waals surface area contributed by atoms with Gasteiger partial charge in [0.2, 0.25) is 0 Å². The highest BCUT2D eigenvalue weighted by Gasteiger charge is 2.12. The van der Waals surface area contributed by atoms with Crippen molar-refractivity contribution in [3.63, 3.8) is 0 Å². The normalized spacial score (nSPS) is 12.4. The minimum Gasteiger partial charge on any atom is -0.312 e. The largest absolute Gasteiger partial charge is 0.312 e. The first-order chi connectivity index (χ1) is 6.33. The summed E-state index contributed by atoms with van der Waals surface area (Å²) in [5.41, 5.74) is 1.42. The Morgan fingerprint density at radius 1 is 1.69 bits per heavy atom. The van der Waals surface area contributed by atoms with Crippen molar-refractivity contribution >= 4 is 11.3 Å². The summed E-state index contributed by atoms with van der Waals surface area (Å²) in [5.74, 6) is 2.70. The summed E-state index contributed by atoms with van der Waals surface area (Å²) in [4.78, 5) is 1.39. The van der Waals surface area contributed by atoms with Gasteiger partial charge < -0.3 is 5.32 Å². The number of nitrogens with one attached hydrogen (secondary N) is 1. The van der Waals surface area contributed by atoms with Crippen LogP contribution in [0.5, 0.6) is 0 Å². The van der Waals surface area contributed by atoms with E-state index in [9.17, 15) is 0 Å². The Balaban J connectivity index is 2.84. The first-order valence-corrected chi connectivity index (χ1v) is 5.38. The molecule has 0 spiro atoms. The molecule has 1 N–H and O–H groups in total. The third kappa shape index (κ3) is 2.33. The van der Waals surface area contributed by atoms with Gasteiger partial charge in [-0.2, -0.15) is 0 Å². The summed E-state index contributed by atoms with van der Waals surface area (Å²) in [6.45, 7) is 2.17. The first-order valence-electron chi connectivity index (χ1n) is 4.50. The summed E-state index contributed by atoms with van der Waals surface area (Å²) in [7, 11) is 1.96. The Bertz CT molecular complexity index is 295. The Morgan fingerprint density at radius 3 is 3.00 bits per heavy atom. The van der Waals surface area contributed by atoms with Gasteiger partial charge >= 0.3 is 0 Å². The summed E-state index contributed by atoms with van der Waals surface area (Å²) in [5, 5.41) is 5.38. The van der Waals surface area contributed by atoms with Crippen LogP contribution in [-0.2, 0) is 6.42 Å². The van der Waals surface area contributed by atoms with Gasteiger partial charge in [-0.05, 0) is 30.5 Å². The molecule has 1 aromatic heterocycles. The molecule has 1 unspecified atom stereocenters. The van der Waals surface area contributed by atoms with E-state index in [-0.39, 0.29) is 0 Å². The molecule has 0 aliphatic rings. The maximum absolute atomic E-state index is 5.32. The molecule has 1 rings (SSSR count). The first kappa shape index (κ1) is 10.3. The molecule has 0 bridgehead atoms. The Labute approximate surface area is 84.2 Å². The molecule has 1 nitrogen and oxygen atoms in total. The number of hydrogen-bond acceptors (Lipinski definition) is 2. The van der Waals surface area contributed by atoms with Crippen LogP contribution >= 0.6 is 11.3 Å². The Hall–Kier alpha value is -0.780. The number of rotatable bonds is 4. The molecular weight excluding hydrogens is 178 g/mol. The predicted octanol–water partition coefficient (Wildman–Crippen LogP) is 2.59. The molecule has 2 heteroatoms. The molecule has 0 amide bonds. The number of hydrogen-bond donors (Lipinski definition) is 1. The van der Waals surface area contributed by atoms with E-state index in [1.807, 2.05) is 7.05 Å². The van der Waals surface area contributed by atoms with E-state index in [0.29, 0.717) is 6.04 Å². The molecule has 0 aliphatic heterocycles. The molecule has 0 aromatic carbocycles. The van der Waals surface area contributed by atoms with Crippen LogP contribution in [0.25, 0.3) is 0 Å². The van der Waals surface area contributed by atoms with Crippen molar-refractivity contribution in [2.24, 2.45) is 0 Å². The average molecular weight is 193 g/mol. The van der Waals surface area contributed by atoms with Crippen LogP contribution in [0.15, 0.2) is 11.4 Å². The molecule has 0 saturated carbocycles. The third-order valence-corrected chi connectivity index (χ3v) is 3.22. The zero-order chi connectivity index (χ0) is 9.68. The zero-order valence-corrected chi connectivity index (χ0v) is 8.95. The Morgan fingerprint density at radius 2 is 2.46 bits per heavy atom. The quantitative estimate of drug-likeness (QED) is 0.725. The maximum Gasteiger partial charge on any atom is 0.0525 e. The van der Waals surface area contributed by atoms with E-state index >= 15 is 0 Å². The van der Waals surface area contributed by atoms with Gasteiger partial charge in [-0.25, -0.2) is 0 Å². The smallest absolute Gasteiger partial charge is 0.0525 e. The lowest BCUT2D eigenvalue weighted by Crippen LogP contribution is -2.15. The van der Waals surface area contributed by atoms with Gasteiger partial charge in [0, 0.05) is 11.3 Å². The van der Waals surface area contributed by atoms with Crippen LogP contribution < -0.4 is 5.32 Å². The average Bonchev–Trinajstić information content (AvgIpc) is 2.61. The van der Waals surface area contributed by atoms with Crippen LogP contribution in [0.1, 0.15) is 29.8 Å². The molecule has 1 heterocycles. The highest BCUT2D eigenvalue weighted by molar-refractivity contribution is 7.10. The van der Waals surface area contributed by atoms with Gasteiger partial charge in [0.1, 0.15) is 0 Å². The summed E-state index contributed by atoms with van der Waals surface area (Å²) < 4.78 is 0. The Kier molecular flexibility index (Phi) is 4.01. The van der Waals surface area contributed by atoms with E-state index in [1.54, 1.807) is 11.3 Å². The lowest BCUT2D eigenvalue weighted by Gasteiger charge is -2.13. The fraction of sp³-hybridized carbons (Fsp3) is 0.455. The van der Waals surface area contributed by atoms with E-state index < -0.39 is 0 Å². The van der Waals surface area contributed by atoms with E-state index in [1.165, 1.54) is 10.4 Å². The van der Waals surface area contributed by atoms with Crippen molar-refractivity contribution in [1.82, 2.24) is 5.32 Å². The maximum atomic E-state index is 5.32. The topological polar surface area (TPSA) is 12.0 Å². The van der Waals surface area contributed by atoms with Gasteiger partial charge in [0.05, 0.1) is 6.04 Å². The number of terminal acetylenes is 1. The van der Waals surface area contributed by atoms with Crippen molar-refractivity contribution in [3.8, 4) is 12.3 Å². The lowest BCUT2D eigenvalue weighted by molar-refractivity contribution is 0.617. The fourth-order valence-electron chi connectivity index (χ4n) is 1.39. The van der Waals surface area contributed by atoms with Crippen molar-refractivity contribution in [3.05, 3.63) is 21.9 Å². The van der Waals surface area contributed by atoms with Crippen LogP contribution in [0.2, 0.25) is 0 Å². The second-order valence-corrected chi connectivity index (χ2v) is 3.86. The summed E-state index contributed by atoms with van der Waals surface area (Å²) in [6.07, 6.45) is 7.17. The number of thiophene rings is 1. The van der Waals surface area contributed by atoms with Crippen LogP contribution in [0, 0.1) is 12.3 Å². The summed E-state index contributed by atoms with van der Waals surface area (Å²) in [6, 6.07) is 2.51. The van der Waals surface area contributed by atoms with Crippen LogP contribution in [-0.4, -0.2) is 7.05 Å². The second-order valence-electron chi connectivity index (χ2n) is 2.91. The van der Waals surface area contributed by atoms with Gasteiger partial charge in [0.15, 0.2) is 0 Å². The molecule has 1 atom stereocenters. The molecule has 0 aliphatic carbocycles. The lowest BCUT2D eigenvalue weighted by atomic mass is 10.1. The second kappa shape index (κ2) is 5.06. The number of aryl methyl sites for hydroxylation is 1. The standard InChI is InChI=1S/C11H15NS/c1-4-6-10(12-3)11-9(5-2)7-8-13-11/h1,7-8,10,12H,5-6H2,2-3H3. The van der Waals surface area contributed by atoms with E-state index in [2.05, 4.69) is 29.6 Å². The van der Waals surface area contributed by atoms with Crippen molar-refractivity contribution in [2.75, 3.05) is 7.05 Å². The fourth-order valence-corrected chi connectivity index (χ4v) is 2.50. The highest BCUT2D eigenvalue weighted by atomic mass is 32.1. The van der Waals surface area contributed by atoms with E-state index in [0.717, 1.165) is 12.8 Å². The molecule has 70 valence electrons. The van der Waals surface area contributed by atoms with Crippen molar-refractivity contribution in [2.45, 2.75) is 25.8 Å². The van der Waals surface area contributed by atoms with Gasteiger partial charge in [0.25, 0.3) is 0 Å². The SMILES string of the molecule is C#CCC(NC)c1sccc1CC. The minimum atomic E-state index is 0.333. The monoisotopic (exact) mass is 193 g/mol. The molecular formula is C11H15NS. The zero-order valence-electron chi connectivity index (χ0n) is 8.13.